The number of halogens is 2. The van der Waals surface area contributed by atoms with Crippen LogP contribution in [-0.4, -0.2) is 48.5 Å². The number of hydrogen-bond acceptors (Lipinski definition) is 4. The van der Waals surface area contributed by atoms with Crippen molar-refractivity contribution in [3.63, 3.8) is 0 Å². The van der Waals surface area contributed by atoms with E-state index in [9.17, 15) is 9.59 Å². The molecular formula is C25H34Cl2N4O2. The molecule has 2 N–H and O–H groups in total. The van der Waals surface area contributed by atoms with Gasteiger partial charge in [-0.3, -0.25) is 9.59 Å². The highest BCUT2D eigenvalue weighted by molar-refractivity contribution is 6.31. The lowest BCUT2D eigenvalue weighted by Gasteiger charge is -2.40. The minimum Gasteiger partial charge on any atom is -0.369 e. The number of aromatic amines is 1. The minimum absolute atomic E-state index is 0.0423. The van der Waals surface area contributed by atoms with Crippen molar-refractivity contribution in [3.05, 3.63) is 61.0 Å². The van der Waals surface area contributed by atoms with Crippen LogP contribution < -0.4 is 15.8 Å². The fraction of sp³-hybridized carbons (Fsp3) is 0.520. The number of H-pyrrole nitrogens is 1. The van der Waals surface area contributed by atoms with Crippen molar-refractivity contribution in [2.75, 3.05) is 25.5 Å². The number of aryl methyl sites for hydroxylation is 1. The lowest BCUT2D eigenvalue weighted by atomic mass is 9.89. The maximum Gasteiger partial charge on any atom is 0.254 e. The van der Waals surface area contributed by atoms with Crippen molar-refractivity contribution in [2.45, 2.75) is 65.1 Å². The molecule has 180 valence electrons. The van der Waals surface area contributed by atoms with E-state index in [-0.39, 0.29) is 18.0 Å². The van der Waals surface area contributed by atoms with Gasteiger partial charge in [0.1, 0.15) is 0 Å². The van der Waals surface area contributed by atoms with Crippen LogP contribution in [0.4, 0.5) is 5.69 Å². The monoisotopic (exact) mass is 492 g/mol. The molecule has 2 aromatic rings. The fourth-order valence-corrected chi connectivity index (χ4v) is 5.34. The van der Waals surface area contributed by atoms with Crippen LogP contribution in [-0.2, 0) is 6.54 Å². The van der Waals surface area contributed by atoms with Gasteiger partial charge in [0.15, 0.2) is 0 Å². The maximum atomic E-state index is 13.1. The van der Waals surface area contributed by atoms with Crippen LogP contribution in [0.1, 0.15) is 59.8 Å². The highest BCUT2D eigenvalue weighted by Gasteiger charge is 2.28. The Labute approximate surface area is 206 Å². The number of aromatic nitrogens is 1. The topological polar surface area (TPSA) is 68.4 Å². The van der Waals surface area contributed by atoms with Crippen molar-refractivity contribution >= 4 is 34.8 Å². The summed E-state index contributed by atoms with van der Waals surface area (Å²) in [6, 6.07) is 6.37. The molecule has 0 bridgehead atoms. The molecule has 1 aliphatic carbocycles. The Morgan fingerprint density at radius 2 is 1.73 bits per heavy atom. The summed E-state index contributed by atoms with van der Waals surface area (Å²) >= 11 is 12.7. The molecule has 0 unspecified atom stereocenters. The zero-order chi connectivity index (χ0) is 24.3. The minimum atomic E-state index is -0.297. The number of benzene rings is 1. The zero-order valence-corrected chi connectivity index (χ0v) is 21.6. The smallest absolute Gasteiger partial charge is 0.254 e. The standard InChI is InChI=1S/C25H34Cl2N4O2/c1-6-31(19-9-7-18(8-10-19)30(4)5)23-13-17(26)12-20(16(23)3)24(32)28-14-21-22(27)11-15(2)29-25(21)33/h11-13,18-19H,6-10,14H2,1-5H3,(H,28,32)(H,29,33). The lowest BCUT2D eigenvalue weighted by molar-refractivity contribution is 0.0950. The number of anilines is 1. The van der Waals surface area contributed by atoms with E-state index in [1.54, 1.807) is 19.1 Å². The molecule has 0 saturated heterocycles. The molecular weight excluding hydrogens is 459 g/mol. The number of hydrogen-bond donors (Lipinski definition) is 2. The van der Waals surface area contributed by atoms with Crippen LogP contribution in [0.15, 0.2) is 23.0 Å². The van der Waals surface area contributed by atoms with Crippen molar-refractivity contribution < 1.29 is 4.79 Å². The number of nitrogens with one attached hydrogen (secondary N) is 2. The lowest BCUT2D eigenvalue weighted by Crippen LogP contribution is -2.42. The second-order valence-electron chi connectivity index (χ2n) is 9.10. The Kier molecular flexibility index (Phi) is 8.48. The van der Waals surface area contributed by atoms with Crippen LogP contribution >= 0.6 is 23.2 Å². The first kappa shape index (κ1) is 25.6. The van der Waals surface area contributed by atoms with E-state index < -0.39 is 0 Å². The van der Waals surface area contributed by atoms with Gasteiger partial charge in [-0.2, -0.15) is 0 Å². The van der Waals surface area contributed by atoms with Crippen LogP contribution in [0.3, 0.4) is 0 Å². The third-order valence-electron chi connectivity index (χ3n) is 6.72. The van der Waals surface area contributed by atoms with Crippen molar-refractivity contribution in [1.82, 2.24) is 15.2 Å². The molecule has 1 heterocycles. The van der Waals surface area contributed by atoms with Crippen molar-refractivity contribution in [1.29, 1.82) is 0 Å². The Bertz CT molecular complexity index is 1060. The Hall–Kier alpha value is -2.02. The van der Waals surface area contributed by atoms with Crippen LogP contribution in [0.2, 0.25) is 10.0 Å². The molecule has 0 spiro atoms. The van der Waals surface area contributed by atoms with Gasteiger partial charge in [-0.25, -0.2) is 0 Å². The predicted octanol–water partition coefficient (Wildman–Crippen LogP) is 4.93. The molecule has 0 atom stereocenters. The summed E-state index contributed by atoms with van der Waals surface area (Å²) in [7, 11) is 4.29. The molecule has 1 fully saturated rings. The maximum absolute atomic E-state index is 13.1. The largest absolute Gasteiger partial charge is 0.369 e. The van der Waals surface area contributed by atoms with Gasteiger partial charge in [-0.15, -0.1) is 0 Å². The molecule has 3 rings (SSSR count). The third-order valence-corrected chi connectivity index (χ3v) is 7.27. The van der Waals surface area contributed by atoms with Crippen molar-refractivity contribution in [3.8, 4) is 0 Å². The van der Waals surface area contributed by atoms with Gasteiger partial charge in [-0.05, 0) is 84.3 Å². The number of pyridine rings is 1. The number of amides is 1. The molecule has 6 nitrogen and oxygen atoms in total. The quantitative estimate of drug-likeness (QED) is 0.574. The Morgan fingerprint density at radius 3 is 2.30 bits per heavy atom. The first-order chi connectivity index (χ1) is 15.6. The van der Waals surface area contributed by atoms with Crippen molar-refractivity contribution in [2.24, 2.45) is 0 Å². The Balaban J connectivity index is 1.81. The summed E-state index contributed by atoms with van der Waals surface area (Å²) in [6.45, 7) is 6.75. The molecule has 0 aliphatic heterocycles. The second-order valence-corrected chi connectivity index (χ2v) is 9.94. The van der Waals surface area contributed by atoms with E-state index in [1.165, 1.54) is 0 Å². The molecule has 1 aliphatic rings. The highest BCUT2D eigenvalue weighted by atomic mass is 35.5. The average molecular weight is 493 g/mol. The van der Waals surface area contributed by atoms with E-state index in [4.69, 9.17) is 23.2 Å². The molecule has 1 amide bonds. The molecule has 0 radical (unpaired) electrons. The molecule has 33 heavy (non-hydrogen) atoms. The van der Waals surface area contributed by atoms with E-state index in [0.717, 1.165) is 43.5 Å². The number of nitrogens with zero attached hydrogens (tertiary/aromatic N) is 2. The van der Waals surface area contributed by atoms with Gasteiger partial charge >= 0.3 is 0 Å². The highest BCUT2D eigenvalue weighted by Crippen LogP contribution is 2.34. The number of carbonyl (C=O) groups is 1. The number of rotatable bonds is 7. The average Bonchev–Trinajstić information content (AvgIpc) is 2.75. The van der Waals surface area contributed by atoms with E-state index in [1.807, 2.05) is 13.0 Å². The third kappa shape index (κ3) is 5.92. The first-order valence-corrected chi connectivity index (χ1v) is 12.3. The molecule has 8 heteroatoms. The van der Waals surface area contributed by atoms with Crippen LogP contribution in [0.5, 0.6) is 0 Å². The second kappa shape index (κ2) is 10.9. The first-order valence-electron chi connectivity index (χ1n) is 11.5. The molecule has 1 saturated carbocycles. The summed E-state index contributed by atoms with van der Waals surface area (Å²) in [5, 5.41) is 3.70. The van der Waals surface area contributed by atoms with Crippen LogP contribution in [0.25, 0.3) is 0 Å². The van der Waals surface area contributed by atoms with Crippen LogP contribution in [0, 0.1) is 13.8 Å². The SMILES string of the molecule is CCN(c1cc(Cl)cc(C(=O)NCc2c(Cl)cc(C)[nH]c2=O)c1C)C1CCC(N(C)C)CC1. The van der Waals surface area contributed by atoms with E-state index >= 15 is 0 Å². The normalized spacial score (nSPS) is 18.4. The summed E-state index contributed by atoms with van der Waals surface area (Å²) < 4.78 is 0. The van der Waals surface area contributed by atoms with Gasteiger partial charge in [0, 0.05) is 40.6 Å². The van der Waals surface area contributed by atoms with Gasteiger partial charge in [0.05, 0.1) is 17.1 Å². The Morgan fingerprint density at radius 1 is 1.09 bits per heavy atom. The number of carbonyl (C=O) groups excluding carboxylic acids is 1. The summed E-state index contributed by atoms with van der Waals surface area (Å²) in [5.41, 5.74) is 3.11. The van der Waals surface area contributed by atoms with E-state index in [2.05, 4.69) is 41.1 Å². The fourth-order valence-electron chi connectivity index (χ4n) is 4.82. The zero-order valence-electron chi connectivity index (χ0n) is 20.1. The van der Waals surface area contributed by atoms with E-state index in [0.29, 0.717) is 38.9 Å². The molecule has 1 aromatic heterocycles. The summed E-state index contributed by atoms with van der Waals surface area (Å²) in [5.74, 6) is -0.278. The summed E-state index contributed by atoms with van der Waals surface area (Å²) in [4.78, 5) is 32.7. The predicted molar refractivity (Wildman–Crippen MR) is 137 cm³/mol. The van der Waals surface area contributed by atoms with Gasteiger partial charge in [-0.1, -0.05) is 23.2 Å². The van der Waals surface area contributed by atoms with Gasteiger partial charge in [0.25, 0.3) is 11.5 Å². The summed E-state index contributed by atoms with van der Waals surface area (Å²) in [6.07, 6.45) is 4.54. The molecule has 1 aromatic carbocycles. The van der Waals surface area contributed by atoms with Gasteiger partial charge in [0.2, 0.25) is 0 Å². The van der Waals surface area contributed by atoms with Gasteiger partial charge < -0.3 is 20.1 Å².